The second-order valence-electron chi connectivity index (χ2n) is 10.3. The molecular weight excluding hydrogens is 643 g/mol. The fraction of sp³-hybridized carbons (Fsp3) is 0.125. The number of nitrogens with zero attached hydrogens (tertiary/aromatic N) is 5. The van der Waals surface area contributed by atoms with E-state index in [9.17, 15) is 18.0 Å². The van der Waals surface area contributed by atoms with Crippen LogP contribution in [0.15, 0.2) is 101 Å². The molecule has 0 atom stereocenters. The lowest BCUT2D eigenvalue weighted by Gasteiger charge is -2.10. The van der Waals surface area contributed by atoms with Gasteiger partial charge in [-0.15, -0.1) is 16.4 Å². The van der Waals surface area contributed by atoms with Crippen LogP contribution in [0.5, 0.6) is 5.75 Å². The Morgan fingerprint density at radius 3 is 2.68 bits per heavy atom. The zero-order valence-corrected chi connectivity index (χ0v) is 26.1. The van der Waals surface area contributed by atoms with Crippen LogP contribution in [0.3, 0.4) is 0 Å². The quantitative estimate of drug-likeness (QED) is 0.202. The Labute approximate surface area is 272 Å². The third kappa shape index (κ3) is 6.13. The lowest BCUT2D eigenvalue weighted by molar-refractivity contribution is 0.0768. The maximum Gasteiger partial charge on any atom is 0.257 e. The van der Waals surface area contributed by atoms with Crippen molar-refractivity contribution in [2.45, 2.75) is 22.8 Å². The summed E-state index contributed by atoms with van der Waals surface area (Å²) in [5.74, 6) is -0.272. The number of thiazole rings is 1. The minimum absolute atomic E-state index is 0.0514. The van der Waals surface area contributed by atoms with Crippen molar-refractivity contribution in [3.63, 3.8) is 0 Å². The molecule has 6 aromatic rings. The molecule has 0 spiro atoms. The maximum atomic E-state index is 13.2. The van der Waals surface area contributed by atoms with Gasteiger partial charge in [-0.1, -0.05) is 17.0 Å². The first-order valence-corrected chi connectivity index (χ1v) is 16.7. The van der Waals surface area contributed by atoms with Crippen LogP contribution < -0.4 is 20.2 Å². The van der Waals surface area contributed by atoms with Gasteiger partial charge in [0.25, 0.3) is 11.8 Å². The highest BCUT2D eigenvalue weighted by molar-refractivity contribution is 7.91. The molecule has 3 aromatic heterocycles. The van der Waals surface area contributed by atoms with E-state index in [0.29, 0.717) is 36.5 Å². The Morgan fingerprint density at radius 2 is 1.81 bits per heavy atom. The Bertz CT molecular complexity index is 2230. The minimum Gasteiger partial charge on any atom is -0.493 e. The zero-order chi connectivity index (χ0) is 32.4. The predicted octanol–water partition coefficient (Wildman–Crippen LogP) is 4.18. The number of ether oxygens (including phenoxy) is 1. The van der Waals surface area contributed by atoms with E-state index >= 15 is 0 Å². The molecule has 0 unspecified atom stereocenters. The topological polar surface area (TPSA) is 167 Å². The number of nitrogens with one attached hydrogen (secondary N) is 2. The number of anilines is 1. The number of carbonyl (C=O) groups is 2. The molecule has 1 aliphatic heterocycles. The number of hydrogen-bond donors (Lipinski definition) is 2. The van der Waals surface area contributed by atoms with E-state index < -0.39 is 21.7 Å². The number of carbonyl (C=O) groups excluding carboxylic acids is 2. The molecule has 15 heteroatoms. The molecular formula is C32H25N7O6S2. The van der Waals surface area contributed by atoms with Crippen molar-refractivity contribution in [1.82, 2.24) is 30.4 Å². The smallest absolute Gasteiger partial charge is 0.257 e. The first-order valence-electron chi connectivity index (χ1n) is 14.4. The van der Waals surface area contributed by atoms with Crippen LogP contribution in [0.25, 0.3) is 21.7 Å². The molecule has 0 radical (unpaired) electrons. The molecule has 1 aliphatic rings. The van der Waals surface area contributed by atoms with Crippen molar-refractivity contribution >= 4 is 49.8 Å². The van der Waals surface area contributed by atoms with Crippen molar-refractivity contribution < 1.29 is 27.6 Å². The summed E-state index contributed by atoms with van der Waals surface area (Å²) in [5.41, 5.74) is 2.43. The SMILES string of the molecule is O=C(NCc1cnc(-c2ccc(OCCCOn3nnc4cccnc43)cc2)s1)c1ccc2c(c1)NC(=O)c1ccccc1S2(=O)=O. The largest absolute Gasteiger partial charge is 0.493 e. The highest BCUT2D eigenvalue weighted by Gasteiger charge is 2.31. The molecule has 2 amide bonds. The van der Waals surface area contributed by atoms with Crippen LogP contribution >= 0.6 is 11.3 Å². The third-order valence-corrected chi connectivity index (χ3v) is 10.1. The van der Waals surface area contributed by atoms with Crippen molar-refractivity contribution in [1.29, 1.82) is 0 Å². The standard InChI is InChI=1S/C32H25N7O6S2/c40-30(21-10-13-28-26(17-21)36-31(41)24-5-1-2-7-27(24)47(28,42)43)34-18-23-19-35-32(46-23)20-8-11-22(12-9-20)44-15-4-16-45-39-29-25(37-38-39)6-3-14-33-29/h1-3,5-14,17,19H,4,15-16,18H2,(H,34,40)(H,36,41). The van der Waals surface area contributed by atoms with E-state index in [1.165, 1.54) is 46.5 Å². The van der Waals surface area contributed by atoms with Crippen LogP contribution in [0.4, 0.5) is 5.69 Å². The van der Waals surface area contributed by atoms with E-state index in [1.807, 2.05) is 30.3 Å². The second-order valence-corrected chi connectivity index (χ2v) is 13.3. The molecule has 4 heterocycles. The van der Waals surface area contributed by atoms with E-state index in [4.69, 9.17) is 9.57 Å². The molecule has 0 bridgehead atoms. The fourth-order valence-corrected chi connectivity index (χ4v) is 7.37. The van der Waals surface area contributed by atoms with E-state index in [-0.39, 0.29) is 33.2 Å². The fourth-order valence-electron chi connectivity index (χ4n) is 4.92. The minimum atomic E-state index is -3.96. The lowest BCUT2D eigenvalue weighted by Crippen LogP contribution is -2.22. The van der Waals surface area contributed by atoms with Crippen molar-refractivity contribution in [3.05, 3.63) is 107 Å². The monoisotopic (exact) mass is 667 g/mol. The molecule has 2 N–H and O–H groups in total. The Morgan fingerprint density at radius 1 is 0.957 bits per heavy atom. The molecule has 0 aliphatic carbocycles. The van der Waals surface area contributed by atoms with Gasteiger partial charge in [-0.3, -0.25) is 9.59 Å². The Kier molecular flexibility index (Phi) is 8.05. The normalized spacial score (nSPS) is 13.2. The van der Waals surface area contributed by atoms with Gasteiger partial charge < -0.3 is 20.2 Å². The highest BCUT2D eigenvalue weighted by atomic mass is 32.2. The number of sulfone groups is 1. The van der Waals surface area contributed by atoms with Crippen LogP contribution in [-0.2, 0) is 16.4 Å². The van der Waals surface area contributed by atoms with Crippen LogP contribution in [0.1, 0.15) is 32.0 Å². The van der Waals surface area contributed by atoms with Gasteiger partial charge in [0, 0.05) is 34.8 Å². The summed E-state index contributed by atoms with van der Waals surface area (Å²) in [7, 11) is -3.96. The Balaban J connectivity index is 0.916. The van der Waals surface area contributed by atoms with Crippen LogP contribution in [-0.4, -0.2) is 58.6 Å². The van der Waals surface area contributed by atoms with Gasteiger partial charge in [0.2, 0.25) is 15.5 Å². The molecule has 0 saturated heterocycles. The third-order valence-electron chi connectivity index (χ3n) is 7.23. The summed E-state index contributed by atoms with van der Waals surface area (Å²) in [6, 6.07) is 21.3. The number of benzene rings is 3. The van der Waals surface area contributed by atoms with Crippen molar-refractivity contribution in [2.24, 2.45) is 0 Å². The molecule has 0 fully saturated rings. The summed E-state index contributed by atoms with van der Waals surface area (Å²) in [6.45, 7) is 1.04. The predicted molar refractivity (Wildman–Crippen MR) is 172 cm³/mol. The summed E-state index contributed by atoms with van der Waals surface area (Å²) in [5, 5.41) is 14.2. The van der Waals surface area contributed by atoms with Gasteiger partial charge in [0.05, 0.1) is 34.2 Å². The Hall–Kier alpha value is -5.67. The summed E-state index contributed by atoms with van der Waals surface area (Å²) in [6.07, 6.45) is 3.98. The number of fused-ring (bicyclic) bond motifs is 3. The first-order chi connectivity index (χ1) is 22.9. The molecule has 13 nitrogen and oxygen atoms in total. The van der Waals surface area contributed by atoms with Crippen molar-refractivity contribution in [2.75, 3.05) is 18.5 Å². The summed E-state index contributed by atoms with van der Waals surface area (Å²) >= 11 is 1.43. The maximum absolute atomic E-state index is 13.2. The lowest BCUT2D eigenvalue weighted by atomic mass is 10.1. The number of pyridine rings is 1. The first kappa shape index (κ1) is 30.0. The van der Waals surface area contributed by atoms with Gasteiger partial charge >= 0.3 is 0 Å². The van der Waals surface area contributed by atoms with E-state index in [2.05, 4.69) is 30.9 Å². The van der Waals surface area contributed by atoms with Gasteiger partial charge in [-0.25, -0.2) is 18.4 Å². The van der Waals surface area contributed by atoms with Crippen molar-refractivity contribution in [3.8, 4) is 16.3 Å². The van der Waals surface area contributed by atoms with Crippen LogP contribution in [0, 0.1) is 0 Å². The second kappa shape index (κ2) is 12.6. The molecule has 0 saturated carbocycles. The van der Waals surface area contributed by atoms with Gasteiger partial charge in [-0.2, -0.15) is 0 Å². The molecule has 236 valence electrons. The average molecular weight is 668 g/mol. The highest BCUT2D eigenvalue weighted by Crippen LogP contribution is 2.34. The molecule has 47 heavy (non-hydrogen) atoms. The van der Waals surface area contributed by atoms with E-state index in [1.54, 1.807) is 30.6 Å². The molecule has 3 aromatic carbocycles. The van der Waals surface area contributed by atoms with Gasteiger partial charge in [0.1, 0.15) is 22.9 Å². The number of rotatable bonds is 10. The number of hydrogen-bond acceptors (Lipinski definition) is 11. The van der Waals surface area contributed by atoms with Crippen LogP contribution in [0.2, 0.25) is 0 Å². The van der Waals surface area contributed by atoms with Gasteiger partial charge in [-0.05, 0) is 71.9 Å². The summed E-state index contributed by atoms with van der Waals surface area (Å²) < 4.78 is 32.3. The van der Waals surface area contributed by atoms with E-state index in [0.717, 1.165) is 15.4 Å². The number of aromatic nitrogens is 5. The number of amides is 2. The zero-order valence-electron chi connectivity index (χ0n) is 24.5. The molecule has 7 rings (SSSR count). The summed E-state index contributed by atoms with van der Waals surface area (Å²) in [4.78, 5) is 42.0. The average Bonchev–Trinajstić information content (AvgIpc) is 3.73. The van der Waals surface area contributed by atoms with Gasteiger partial charge in [0.15, 0.2) is 0 Å².